The third-order valence-electron chi connectivity index (χ3n) is 8.77. The number of hydrogen-bond acceptors (Lipinski definition) is 4. The fourth-order valence-electron chi connectivity index (χ4n) is 7.19. The lowest BCUT2D eigenvalue weighted by Crippen LogP contribution is -2.33. The number of carbonyl (C=O) groups is 1. The van der Waals surface area contributed by atoms with Crippen molar-refractivity contribution in [3.05, 3.63) is 66.7 Å². The maximum atomic E-state index is 14.8. The first-order valence-electron chi connectivity index (χ1n) is 11.3. The topological polar surface area (TPSA) is 68.5 Å². The highest BCUT2D eigenvalue weighted by molar-refractivity contribution is 5.78. The molecule has 4 atom stereocenters. The summed E-state index contributed by atoms with van der Waals surface area (Å²) in [7, 11) is 0. The molecular formula is C25H24FNO4. The Morgan fingerprint density at radius 2 is 2.03 bits per heavy atom. The predicted molar refractivity (Wildman–Crippen MR) is 110 cm³/mol. The van der Waals surface area contributed by atoms with Crippen LogP contribution in [0.15, 0.2) is 44.3 Å². The summed E-state index contributed by atoms with van der Waals surface area (Å²) in [5.41, 5.74) is 8.72. The monoisotopic (exact) mass is 421 g/mol. The molecule has 6 aliphatic rings. The first kappa shape index (κ1) is 18.1. The molecule has 1 spiro atoms. The highest BCUT2D eigenvalue weighted by Crippen LogP contribution is 2.68. The molecule has 4 aliphatic carbocycles. The van der Waals surface area contributed by atoms with Gasteiger partial charge < -0.3 is 14.4 Å². The van der Waals surface area contributed by atoms with Crippen molar-refractivity contribution in [2.75, 3.05) is 0 Å². The van der Waals surface area contributed by atoms with Crippen LogP contribution in [-0.4, -0.2) is 21.8 Å². The molecule has 0 bridgehead atoms. The first-order chi connectivity index (χ1) is 14.9. The number of fused-ring (bicyclic) bond motifs is 2. The number of ether oxygens (including phenoxy) is 1. The molecular weight excluding hydrogens is 397 g/mol. The molecule has 0 saturated heterocycles. The number of esters is 1. The van der Waals surface area contributed by atoms with Gasteiger partial charge in [0.2, 0.25) is 0 Å². The predicted octanol–water partition coefficient (Wildman–Crippen LogP) is 3.45. The number of aliphatic hydroxyl groups is 1. The van der Waals surface area contributed by atoms with E-state index in [-0.39, 0.29) is 17.6 Å². The van der Waals surface area contributed by atoms with E-state index in [0.29, 0.717) is 30.0 Å². The minimum atomic E-state index is -1.40. The van der Waals surface area contributed by atoms with E-state index in [1.54, 1.807) is 0 Å². The number of hydrogen-bond donors (Lipinski definition) is 1. The van der Waals surface area contributed by atoms with Crippen molar-refractivity contribution in [1.29, 1.82) is 0 Å². The van der Waals surface area contributed by atoms with E-state index in [9.17, 15) is 19.1 Å². The van der Waals surface area contributed by atoms with Gasteiger partial charge in [-0.3, -0.25) is 4.79 Å². The summed E-state index contributed by atoms with van der Waals surface area (Å²) in [5, 5.41) is 10.4. The van der Waals surface area contributed by atoms with Crippen molar-refractivity contribution in [3.8, 4) is 0 Å². The van der Waals surface area contributed by atoms with Gasteiger partial charge in [-0.1, -0.05) is 5.57 Å². The van der Waals surface area contributed by atoms with Crippen LogP contribution >= 0.6 is 0 Å². The lowest BCUT2D eigenvalue weighted by Gasteiger charge is -2.33. The molecule has 2 saturated carbocycles. The number of halogens is 1. The number of aliphatic hydroxyl groups excluding tert-OH is 1. The van der Waals surface area contributed by atoms with Crippen LogP contribution in [0.1, 0.15) is 68.4 Å². The van der Waals surface area contributed by atoms with Gasteiger partial charge in [-0.05, 0) is 78.9 Å². The highest BCUT2D eigenvalue weighted by atomic mass is 19.1. The molecule has 3 heterocycles. The maximum Gasteiger partial charge on any atom is 0.340 e. The molecule has 2 aliphatic heterocycles. The Bertz CT molecular complexity index is 1260. The van der Waals surface area contributed by atoms with Crippen molar-refractivity contribution in [3.63, 3.8) is 0 Å². The lowest BCUT2D eigenvalue weighted by molar-refractivity contribution is -0.157. The molecule has 1 aromatic rings. The Morgan fingerprint density at radius 1 is 1.23 bits per heavy atom. The number of cyclic esters (lactones) is 1. The van der Waals surface area contributed by atoms with E-state index >= 15 is 0 Å². The summed E-state index contributed by atoms with van der Waals surface area (Å²) in [4.78, 5) is 25.3. The lowest BCUT2D eigenvalue weighted by atomic mass is 9.73. The van der Waals surface area contributed by atoms with Gasteiger partial charge in [0, 0.05) is 29.6 Å². The standard InChI is InChI=1S/C25H24FNO4/c1-11-14-3-2-4-15-18-9-27-20(7-16-17(23(27)29)10-31-24(30)22(16)28)25(18)8-13(25)5-12(21(14)15)6-19(11)26/h7,13,19,22,28H,2-6,8-10H2,1H3/t13?,19?,22-,25?/m0/s1. The molecule has 160 valence electrons. The fraction of sp³-hybridized carbons (Fsp3) is 0.520. The second-order valence-corrected chi connectivity index (χ2v) is 10.1. The molecule has 31 heavy (non-hydrogen) atoms. The van der Waals surface area contributed by atoms with Gasteiger partial charge >= 0.3 is 5.97 Å². The van der Waals surface area contributed by atoms with Crippen molar-refractivity contribution in [2.45, 2.75) is 76.3 Å². The minimum absolute atomic E-state index is 0.0774. The summed E-state index contributed by atoms with van der Waals surface area (Å²) in [5.74, 6) is -0.336. The molecule has 2 fully saturated rings. The number of pyridine rings is 1. The van der Waals surface area contributed by atoms with Gasteiger partial charge in [0.15, 0.2) is 6.10 Å². The molecule has 0 radical (unpaired) electrons. The molecule has 3 unspecified atom stereocenters. The van der Waals surface area contributed by atoms with Crippen molar-refractivity contribution < 1.29 is 19.0 Å². The summed E-state index contributed by atoms with van der Waals surface area (Å²) >= 11 is 0. The minimum Gasteiger partial charge on any atom is -0.458 e. The van der Waals surface area contributed by atoms with Crippen LogP contribution in [0.25, 0.3) is 0 Å². The highest BCUT2D eigenvalue weighted by Gasteiger charge is 2.64. The summed E-state index contributed by atoms with van der Waals surface area (Å²) in [6, 6.07) is 1.89. The molecule has 0 amide bonds. The Hall–Kier alpha value is -2.47. The molecule has 0 aromatic carbocycles. The summed E-state index contributed by atoms with van der Waals surface area (Å²) in [6.45, 7) is 2.42. The number of carbonyl (C=O) groups excluding carboxylic acids is 1. The van der Waals surface area contributed by atoms with E-state index in [2.05, 4.69) is 0 Å². The van der Waals surface area contributed by atoms with Gasteiger partial charge in [0.05, 0.1) is 5.56 Å². The second kappa shape index (κ2) is 5.66. The number of allylic oxidation sites excluding steroid dienone is 6. The Labute approximate surface area is 178 Å². The number of aromatic nitrogens is 1. The Kier molecular flexibility index (Phi) is 3.31. The molecule has 1 aromatic heterocycles. The van der Waals surface area contributed by atoms with Crippen molar-refractivity contribution in [2.24, 2.45) is 5.92 Å². The van der Waals surface area contributed by atoms with Gasteiger partial charge in [-0.25, -0.2) is 9.18 Å². The van der Waals surface area contributed by atoms with Gasteiger partial charge in [0.25, 0.3) is 5.56 Å². The second-order valence-electron chi connectivity index (χ2n) is 10.1. The number of rotatable bonds is 0. The summed E-state index contributed by atoms with van der Waals surface area (Å²) < 4.78 is 21.7. The van der Waals surface area contributed by atoms with Gasteiger partial charge in [-0.15, -0.1) is 0 Å². The zero-order valence-corrected chi connectivity index (χ0v) is 17.5. The molecule has 1 N–H and O–H groups in total. The average Bonchev–Trinajstić information content (AvgIpc) is 3.39. The van der Waals surface area contributed by atoms with Gasteiger partial charge in [0.1, 0.15) is 12.8 Å². The largest absolute Gasteiger partial charge is 0.458 e. The normalized spacial score (nSPS) is 35.1. The van der Waals surface area contributed by atoms with Crippen LogP contribution in [0, 0.1) is 5.92 Å². The quantitative estimate of drug-likeness (QED) is 0.652. The van der Waals surface area contributed by atoms with Crippen molar-refractivity contribution >= 4 is 5.97 Å². The van der Waals surface area contributed by atoms with Crippen LogP contribution < -0.4 is 5.56 Å². The van der Waals surface area contributed by atoms with E-state index in [1.807, 2.05) is 17.6 Å². The maximum absolute atomic E-state index is 14.8. The van der Waals surface area contributed by atoms with Crippen LogP contribution in [-0.2, 0) is 28.1 Å². The average molecular weight is 421 g/mol. The third-order valence-corrected chi connectivity index (χ3v) is 8.77. The third kappa shape index (κ3) is 2.05. The molecule has 7 rings (SSSR count). The smallest absolute Gasteiger partial charge is 0.340 e. The molecule has 5 nitrogen and oxygen atoms in total. The Morgan fingerprint density at radius 3 is 2.87 bits per heavy atom. The van der Waals surface area contributed by atoms with E-state index < -0.39 is 18.2 Å². The van der Waals surface area contributed by atoms with Crippen LogP contribution in [0.4, 0.5) is 4.39 Å². The van der Waals surface area contributed by atoms with Crippen LogP contribution in [0.2, 0.25) is 0 Å². The fourth-order valence-corrected chi connectivity index (χ4v) is 7.19. The zero-order valence-electron chi connectivity index (χ0n) is 17.5. The number of nitrogens with zero attached hydrogens (tertiary/aromatic N) is 1. The van der Waals surface area contributed by atoms with Crippen molar-refractivity contribution in [1.82, 2.24) is 4.57 Å². The summed E-state index contributed by atoms with van der Waals surface area (Å²) in [6.07, 6.45) is 2.97. The van der Waals surface area contributed by atoms with E-state index in [0.717, 1.165) is 43.4 Å². The number of alkyl halides is 1. The van der Waals surface area contributed by atoms with E-state index in [1.165, 1.54) is 27.9 Å². The Balaban J connectivity index is 1.47. The first-order valence-corrected chi connectivity index (χ1v) is 11.3. The SMILES string of the molecule is CC1=C2CCCC3=C4Cn5c(cc6c(c5=O)COC(=O)[C@H]6O)C45CC5CC(=C23)CC1F. The van der Waals surface area contributed by atoms with Gasteiger partial charge in [-0.2, -0.15) is 0 Å². The van der Waals surface area contributed by atoms with Crippen LogP contribution in [0.5, 0.6) is 0 Å². The zero-order chi connectivity index (χ0) is 21.2. The van der Waals surface area contributed by atoms with E-state index in [4.69, 9.17) is 4.74 Å². The van der Waals surface area contributed by atoms with Crippen LogP contribution in [0.3, 0.4) is 0 Å². The molecule has 6 heteroatoms.